The summed E-state index contributed by atoms with van der Waals surface area (Å²) < 4.78 is 0. The highest BCUT2D eigenvalue weighted by Gasteiger charge is 2.16. The van der Waals surface area contributed by atoms with Crippen molar-refractivity contribution in [1.29, 1.82) is 0 Å². The van der Waals surface area contributed by atoms with Gasteiger partial charge in [0.25, 0.3) is 0 Å². The molecular formula is C53H55N3. The van der Waals surface area contributed by atoms with Gasteiger partial charge >= 0.3 is 0 Å². The first-order chi connectivity index (χ1) is 27.3. The van der Waals surface area contributed by atoms with Crippen LogP contribution in [-0.4, -0.2) is 18.1 Å². The molecule has 0 unspecified atom stereocenters. The van der Waals surface area contributed by atoms with Gasteiger partial charge in [0.2, 0.25) is 0 Å². The summed E-state index contributed by atoms with van der Waals surface area (Å²) in [6.45, 7) is 13.3. The highest BCUT2D eigenvalue weighted by molar-refractivity contribution is 5.96. The quantitative estimate of drug-likeness (QED) is 0.146. The molecule has 3 nitrogen and oxygen atoms in total. The van der Waals surface area contributed by atoms with Crippen molar-refractivity contribution < 1.29 is 0 Å². The summed E-state index contributed by atoms with van der Waals surface area (Å²) in [4.78, 5) is 7.09. The van der Waals surface area contributed by atoms with Gasteiger partial charge in [0.05, 0.1) is 0 Å². The van der Waals surface area contributed by atoms with Crippen LogP contribution in [0.25, 0.3) is 21.5 Å². The smallest absolute Gasteiger partial charge is 0.0492 e. The molecule has 0 spiro atoms. The van der Waals surface area contributed by atoms with Crippen LogP contribution in [0.3, 0.4) is 0 Å². The molecule has 0 heterocycles. The standard InChI is InChI=1S/2C19H19N.C15H17N/c1-15(2)20(17-11-4-3-5-12-17)19-14-8-10-16-9-6-7-13-18(16)19;1-15(2)20(18-10-4-3-5-11-18)19-13-12-16-8-6-7-9-17(16)14-19;1-13(2)16(14-9-5-3-6-10-14)15-11-7-4-8-12-15/h2*3-15H,1-2H3;3-13H,1-2H3. The van der Waals surface area contributed by atoms with Crippen LogP contribution in [0.1, 0.15) is 41.5 Å². The molecule has 8 rings (SSSR count). The third kappa shape index (κ3) is 9.85. The molecular weight excluding hydrogens is 679 g/mol. The molecule has 0 fully saturated rings. The molecule has 0 saturated carbocycles. The van der Waals surface area contributed by atoms with Gasteiger partial charge in [0, 0.05) is 57.6 Å². The van der Waals surface area contributed by atoms with Crippen molar-refractivity contribution in [2.75, 3.05) is 14.7 Å². The van der Waals surface area contributed by atoms with Crippen molar-refractivity contribution in [2.45, 2.75) is 59.7 Å². The molecule has 0 bridgehead atoms. The van der Waals surface area contributed by atoms with Gasteiger partial charge in [-0.3, -0.25) is 0 Å². The van der Waals surface area contributed by atoms with Crippen molar-refractivity contribution in [2.24, 2.45) is 0 Å². The first-order valence-corrected chi connectivity index (χ1v) is 19.9. The molecule has 8 aromatic rings. The minimum Gasteiger partial charge on any atom is -0.339 e. The largest absolute Gasteiger partial charge is 0.339 e. The van der Waals surface area contributed by atoms with E-state index in [1.54, 1.807) is 0 Å². The number of rotatable bonds is 9. The van der Waals surface area contributed by atoms with Gasteiger partial charge in [-0.05, 0) is 124 Å². The summed E-state index contributed by atoms with van der Waals surface area (Å²) in [6, 6.07) is 73.6. The van der Waals surface area contributed by atoms with Crippen molar-refractivity contribution in [3.05, 3.63) is 206 Å². The average molecular weight is 734 g/mol. The topological polar surface area (TPSA) is 9.72 Å². The average Bonchev–Trinajstić information content (AvgIpc) is 3.23. The van der Waals surface area contributed by atoms with Crippen molar-refractivity contribution >= 4 is 55.7 Å². The Balaban J connectivity index is 0.000000144. The van der Waals surface area contributed by atoms with E-state index >= 15 is 0 Å². The fourth-order valence-electron chi connectivity index (χ4n) is 7.31. The van der Waals surface area contributed by atoms with Crippen LogP contribution < -0.4 is 14.7 Å². The van der Waals surface area contributed by atoms with Crippen LogP contribution in [0.15, 0.2) is 206 Å². The van der Waals surface area contributed by atoms with E-state index in [-0.39, 0.29) is 0 Å². The van der Waals surface area contributed by atoms with E-state index in [0.29, 0.717) is 18.1 Å². The van der Waals surface area contributed by atoms with E-state index in [0.717, 1.165) is 0 Å². The van der Waals surface area contributed by atoms with Gasteiger partial charge in [-0.1, -0.05) is 140 Å². The van der Waals surface area contributed by atoms with E-state index in [1.807, 2.05) is 12.1 Å². The van der Waals surface area contributed by atoms with Crippen LogP contribution in [-0.2, 0) is 0 Å². The van der Waals surface area contributed by atoms with Crippen LogP contribution in [0.2, 0.25) is 0 Å². The number of nitrogens with zero attached hydrogens (tertiary/aromatic N) is 3. The molecule has 0 aliphatic carbocycles. The number of hydrogen-bond donors (Lipinski definition) is 0. The third-order valence-corrected chi connectivity index (χ3v) is 9.72. The van der Waals surface area contributed by atoms with Gasteiger partial charge in [0.1, 0.15) is 0 Å². The minimum absolute atomic E-state index is 0.406. The zero-order valence-electron chi connectivity index (χ0n) is 33.7. The number of para-hydroxylation sites is 4. The zero-order valence-corrected chi connectivity index (χ0v) is 33.7. The molecule has 3 heteroatoms. The molecule has 0 N–H and O–H groups in total. The number of fused-ring (bicyclic) bond motifs is 2. The fourth-order valence-corrected chi connectivity index (χ4v) is 7.31. The Hall–Kier alpha value is -6.32. The Morgan fingerprint density at radius 3 is 1.09 bits per heavy atom. The van der Waals surface area contributed by atoms with Crippen LogP contribution in [0, 0.1) is 0 Å². The van der Waals surface area contributed by atoms with Gasteiger partial charge in [0.15, 0.2) is 0 Å². The van der Waals surface area contributed by atoms with E-state index in [4.69, 9.17) is 0 Å². The molecule has 0 atom stereocenters. The SMILES string of the molecule is CC(C)N(c1ccccc1)c1ccc2ccccc2c1.CC(C)N(c1ccccc1)c1cccc2ccccc12.CC(C)N(c1ccccc1)c1ccccc1. The lowest BCUT2D eigenvalue weighted by atomic mass is 10.1. The predicted octanol–water partition coefficient (Wildman–Crippen LogP) is 15.0. The van der Waals surface area contributed by atoms with Crippen molar-refractivity contribution in [3.8, 4) is 0 Å². The van der Waals surface area contributed by atoms with Crippen molar-refractivity contribution in [3.63, 3.8) is 0 Å². The number of anilines is 6. The van der Waals surface area contributed by atoms with Crippen LogP contribution in [0.4, 0.5) is 34.1 Å². The summed E-state index contributed by atoms with van der Waals surface area (Å²) in [6.07, 6.45) is 0. The lowest BCUT2D eigenvalue weighted by Crippen LogP contribution is -2.25. The summed E-state index contributed by atoms with van der Waals surface area (Å²) >= 11 is 0. The normalized spacial score (nSPS) is 10.8. The second kappa shape index (κ2) is 19.3. The number of benzene rings is 8. The van der Waals surface area contributed by atoms with Gasteiger partial charge < -0.3 is 14.7 Å². The maximum absolute atomic E-state index is 2.39. The number of hydrogen-bond acceptors (Lipinski definition) is 3. The molecule has 56 heavy (non-hydrogen) atoms. The maximum atomic E-state index is 2.39. The molecule has 0 saturated heterocycles. The minimum atomic E-state index is 0.406. The lowest BCUT2D eigenvalue weighted by molar-refractivity contribution is 0.789. The van der Waals surface area contributed by atoms with Gasteiger partial charge in [-0.15, -0.1) is 0 Å². The second-order valence-corrected chi connectivity index (χ2v) is 14.8. The van der Waals surface area contributed by atoms with Gasteiger partial charge in [-0.2, -0.15) is 0 Å². The highest BCUT2D eigenvalue weighted by atomic mass is 15.2. The molecule has 0 aliphatic heterocycles. The molecule has 0 radical (unpaired) electrons. The first kappa shape index (κ1) is 39.4. The molecule has 0 amide bonds. The Kier molecular flexibility index (Phi) is 13.6. The Morgan fingerprint density at radius 1 is 0.268 bits per heavy atom. The van der Waals surface area contributed by atoms with E-state index in [9.17, 15) is 0 Å². The highest BCUT2D eigenvalue weighted by Crippen LogP contribution is 2.34. The molecule has 0 aromatic heterocycles. The third-order valence-electron chi connectivity index (χ3n) is 9.72. The summed E-state index contributed by atoms with van der Waals surface area (Å²) in [7, 11) is 0. The fraction of sp³-hybridized carbons (Fsp3) is 0.170. The molecule has 282 valence electrons. The zero-order chi connectivity index (χ0) is 39.3. The summed E-state index contributed by atoms with van der Waals surface area (Å²) in [5.41, 5.74) is 7.46. The second-order valence-electron chi connectivity index (χ2n) is 14.8. The summed E-state index contributed by atoms with van der Waals surface area (Å²) in [5.74, 6) is 0. The van der Waals surface area contributed by atoms with Gasteiger partial charge in [-0.25, -0.2) is 0 Å². The Morgan fingerprint density at radius 2 is 0.625 bits per heavy atom. The van der Waals surface area contributed by atoms with E-state index in [2.05, 4.69) is 250 Å². The van der Waals surface area contributed by atoms with Crippen LogP contribution in [0.5, 0.6) is 0 Å². The van der Waals surface area contributed by atoms with E-state index < -0.39 is 0 Å². The van der Waals surface area contributed by atoms with Crippen LogP contribution >= 0.6 is 0 Å². The van der Waals surface area contributed by atoms with E-state index in [1.165, 1.54) is 55.7 Å². The van der Waals surface area contributed by atoms with Crippen molar-refractivity contribution in [1.82, 2.24) is 0 Å². The molecule has 0 aliphatic rings. The summed E-state index contributed by atoms with van der Waals surface area (Å²) in [5, 5.41) is 5.15. The maximum Gasteiger partial charge on any atom is 0.0492 e. The first-order valence-electron chi connectivity index (χ1n) is 19.9. The monoisotopic (exact) mass is 733 g/mol. The lowest BCUT2D eigenvalue weighted by Gasteiger charge is -2.30. The predicted molar refractivity (Wildman–Crippen MR) is 245 cm³/mol. The molecule has 8 aromatic carbocycles. The Labute approximate surface area is 335 Å². The Bertz CT molecular complexity index is 2300.